The van der Waals surface area contributed by atoms with Crippen molar-refractivity contribution in [3.05, 3.63) is 30.8 Å². The fraction of sp³-hybridized carbons (Fsp3) is 0. The second-order valence-electron chi connectivity index (χ2n) is 2.72. The number of nitrogens with zero attached hydrogens (tertiary/aromatic N) is 3. The molecule has 0 spiro atoms. The van der Waals surface area contributed by atoms with E-state index in [1.807, 2.05) is 18.2 Å². The van der Waals surface area contributed by atoms with Crippen LogP contribution in [-0.4, -0.2) is 15.0 Å². The van der Waals surface area contributed by atoms with Crippen LogP contribution in [-0.2, 0) is 0 Å². The van der Waals surface area contributed by atoms with Crippen LogP contribution in [0.5, 0.6) is 0 Å². The van der Waals surface area contributed by atoms with Crippen LogP contribution in [0.2, 0.25) is 0 Å². The Morgan fingerprint density at radius 3 is 3.23 bits per heavy atom. The number of oxazole rings is 1. The summed E-state index contributed by atoms with van der Waals surface area (Å²) in [6.45, 7) is 0. The molecule has 0 N–H and O–H groups in total. The topological polar surface area (TPSA) is 51.8 Å². The molecule has 0 aliphatic carbocycles. The Labute approximate surface area is 73.2 Å². The summed E-state index contributed by atoms with van der Waals surface area (Å²) in [6.07, 6.45) is 3.09. The summed E-state index contributed by atoms with van der Waals surface area (Å²) in [4.78, 5) is 12.3. The molecular formula is C9H5N3O. The number of aromatic nitrogens is 3. The first-order chi connectivity index (χ1) is 6.43. The Hall–Kier alpha value is -1.97. The van der Waals surface area contributed by atoms with Crippen molar-refractivity contribution < 1.29 is 4.42 Å². The van der Waals surface area contributed by atoms with Gasteiger partial charge in [-0.2, -0.15) is 4.98 Å². The van der Waals surface area contributed by atoms with Gasteiger partial charge >= 0.3 is 0 Å². The van der Waals surface area contributed by atoms with Gasteiger partial charge in [-0.3, -0.25) is 0 Å². The zero-order valence-corrected chi connectivity index (χ0v) is 6.64. The fourth-order valence-corrected chi connectivity index (χ4v) is 1.29. The number of rotatable bonds is 0. The van der Waals surface area contributed by atoms with E-state index in [0.717, 1.165) is 10.9 Å². The maximum atomic E-state index is 5.06. The standard InChI is InChI=1S/C9H5N3O/c1-2-6-4-7-9(13-5-11-7)12-8(6)10-3-1/h1-5H. The first-order valence-electron chi connectivity index (χ1n) is 3.88. The van der Waals surface area contributed by atoms with Crippen molar-refractivity contribution in [3.63, 3.8) is 0 Å². The van der Waals surface area contributed by atoms with E-state index in [4.69, 9.17) is 4.42 Å². The van der Waals surface area contributed by atoms with Gasteiger partial charge in [0.1, 0.15) is 5.52 Å². The molecule has 0 amide bonds. The Bertz CT molecular complexity index is 523. The molecule has 0 atom stereocenters. The van der Waals surface area contributed by atoms with Crippen LogP contribution in [0.25, 0.3) is 22.3 Å². The molecule has 13 heavy (non-hydrogen) atoms. The van der Waals surface area contributed by atoms with Crippen molar-refractivity contribution in [2.75, 3.05) is 0 Å². The average Bonchev–Trinajstić information content (AvgIpc) is 2.61. The molecule has 0 radical (unpaired) electrons. The Morgan fingerprint density at radius 2 is 2.23 bits per heavy atom. The fourth-order valence-electron chi connectivity index (χ4n) is 1.29. The van der Waals surface area contributed by atoms with Crippen LogP contribution in [0.1, 0.15) is 0 Å². The second kappa shape index (κ2) is 2.26. The first-order valence-corrected chi connectivity index (χ1v) is 3.88. The quantitative estimate of drug-likeness (QED) is 0.517. The van der Waals surface area contributed by atoms with Crippen molar-refractivity contribution in [1.82, 2.24) is 15.0 Å². The smallest absolute Gasteiger partial charge is 0.248 e. The molecule has 0 fully saturated rings. The largest absolute Gasteiger partial charge is 0.425 e. The number of pyridine rings is 2. The summed E-state index contributed by atoms with van der Waals surface area (Å²) >= 11 is 0. The van der Waals surface area contributed by atoms with Gasteiger partial charge in [0.15, 0.2) is 12.0 Å². The molecule has 4 nitrogen and oxygen atoms in total. The highest BCUT2D eigenvalue weighted by Gasteiger charge is 2.02. The first kappa shape index (κ1) is 6.54. The van der Waals surface area contributed by atoms with Gasteiger partial charge in [0.05, 0.1) is 0 Å². The third-order valence-electron chi connectivity index (χ3n) is 1.89. The van der Waals surface area contributed by atoms with Crippen LogP contribution in [0.3, 0.4) is 0 Å². The predicted molar refractivity (Wildman–Crippen MR) is 47.1 cm³/mol. The van der Waals surface area contributed by atoms with E-state index in [1.54, 1.807) is 6.20 Å². The highest BCUT2D eigenvalue weighted by molar-refractivity contribution is 5.85. The van der Waals surface area contributed by atoms with Gasteiger partial charge in [0, 0.05) is 11.6 Å². The van der Waals surface area contributed by atoms with Gasteiger partial charge in [-0.25, -0.2) is 9.97 Å². The molecule has 3 aromatic heterocycles. The Morgan fingerprint density at radius 1 is 1.23 bits per heavy atom. The zero-order chi connectivity index (χ0) is 8.67. The van der Waals surface area contributed by atoms with Crippen LogP contribution in [0, 0.1) is 0 Å². The van der Waals surface area contributed by atoms with Crippen molar-refractivity contribution >= 4 is 22.3 Å². The van der Waals surface area contributed by atoms with Crippen molar-refractivity contribution in [2.45, 2.75) is 0 Å². The van der Waals surface area contributed by atoms with Crippen LogP contribution < -0.4 is 0 Å². The Kier molecular flexibility index (Phi) is 1.14. The Balaban J connectivity index is 2.57. The number of fused-ring (bicyclic) bond motifs is 2. The molecule has 0 bridgehead atoms. The molecule has 0 saturated carbocycles. The van der Waals surface area contributed by atoms with Gasteiger partial charge in [0.2, 0.25) is 5.71 Å². The molecule has 3 heterocycles. The normalized spacial score (nSPS) is 11.1. The van der Waals surface area contributed by atoms with Gasteiger partial charge < -0.3 is 4.42 Å². The van der Waals surface area contributed by atoms with Gasteiger partial charge in [0.25, 0.3) is 0 Å². The molecule has 3 aromatic rings. The highest BCUT2D eigenvalue weighted by Crippen LogP contribution is 2.15. The van der Waals surface area contributed by atoms with Gasteiger partial charge in [-0.15, -0.1) is 0 Å². The lowest BCUT2D eigenvalue weighted by atomic mass is 10.3. The van der Waals surface area contributed by atoms with E-state index in [1.165, 1.54) is 6.39 Å². The van der Waals surface area contributed by atoms with E-state index in [0.29, 0.717) is 11.4 Å². The van der Waals surface area contributed by atoms with Crippen molar-refractivity contribution in [3.8, 4) is 0 Å². The predicted octanol–water partition coefficient (Wildman–Crippen LogP) is 1.77. The van der Waals surface area contributed by atoms with Gasteiger partial charge in [-0.1, -0.05) is 0 Å². The monoisotopic (exact) mass is 171 g/mol. The summed E-state index contributed by atoms with van der Waals surface area (Å²) in [7, 11) is 0. The third-order valence-corrected chi connectivity index (χ3v) is 1.89. The molecule has 0 saturated heterocycles. The summed E-state index contributed by atoms with van der Waals surface area (Å²) in [5, 5.41) is 0.976. The van der Waals surface area contributed by atoms with Crippen LogP contribution >= 0.6 is 0 Å². The minimum atomic E-state index is 0.534. The molecule has 0 aliphatic rings. The lowest BCUT2D eigenvalue weighted by Gasteiger charge is -1.92. The molecule has 0 aromatic carbocycles. The maximum absolute atomic E-state index is 5.06. The van der Waals surface area contributed by atoms with E-state index in [9.17, 15) is 0 Å². The summed E-state index contributed by atoms with van der Waals surface area (Å²) in [5.41, 5.74) is 1.98. The minimum Gasteiger partial charge on any atom is -0.425 e. The summed E-state index contributed by atoms with van der Waals surface area (Å²) in [6, 6.07) is 5.73. The summed E-state index contributed by atoms with van der Waals surface area (Å²) in [5.74, 6) is 0. The second-order valence-corrected chi connectivity index (χ2v) is 2.72. The maximum Gasteiger partial charge on any atom is 0.248 e. The van der Waals surface area contributed by atoms with E-state index in [2.05, 4.69) is 15.0 Å². The SMILES string of the molecule is c1cnc2nc3ocnc3cc2c1. The zero-order valence-electron chi connectivity index (χ0n) is 6.64. The van der Waals surface area contributed by atoms with E-state index in [-0.39, 0.29) is 0 Å². The highest BCUT2D eigenvalue weighted by atomic mass is 16.3. The molecule has 0 unspecified atom stereocenters. The molecule has 4 heteroatoms. The van der Waals surface area contributed by atoms with Crippen molar-refractivity contribution in [2.24, 2.45) is 0 Å². The number of hydrogen-bond donors (Lipinski definition) is 0. The number of hydrogen-bond acceptors (Lipinski definition) is 4. The minimum absolute atomic E-state index is 0.534. The van der Waals surface area contributed by atoms with Crippen LogP contribution in [0.4, 0.5) is 0 Å². The average molecular weight is 171 g/mol. The lowest BCUT2D eigenvalue weighted by molar-refractivity contribution is 0.591. The van der Waals surface area contributed by atoms with E-state index < -0.39 is 0 Å². The third kappa shape index (κ3) is 0.885. The molecule has 0 aliphatic heterocycles. The molecular weight excluding hydrogens is 166 g/mol. The summed E-state index contributed by atoms with van der Waals surface area (Å²) < 4.78 is 5.06. The molecule has 62 valence electrons. The van der Waals surface area contributed by atoms with Crippen molar-refractivity contribution in [1.29, 1.82) is 0 Å². The molecule has 3 rings (SSSR count). The lowest BCUT2D eigenvalue weighted by Crippen LogP contribution is -1.82. The van der Waals surface area contributed by atoms with Crippen LogP contribution in [0.15, 0.2) is 35.2 Å². The van der Waals surface area contributed by atoms with Gasteiger partial charge in [-0.05, 0) is 18.2 Å². The van der Waals surface area contributed by atoms with E-state index >= 15 is 0 Å².